The van der Waals surface area contributed by atoms with E-state index >= 15 is 0 Å². The van der Waals surface area contributed by atoms with Crippen LogP contribution < -0.4 is 0 Å². The van der Waals surface area contributed by atoms with E-state index in [0.717, 1.165) is 0 Å². The van der Waals surface area contributed by atoms with Gasteiger partial charge in [-0.25, -0.2) is 4.79 Å². The molecule has 0 aromatic rings. The zero-order chi connectivity index (χ0) is 12.1. The fourth-order valence-corrected chi connectivity index (χ4v) is 0.936. The lowest BCUT2D eigenvalue weighted by Gasteiger charge is -2.19. The lowest BCUT2D eigenvalue weighted by Crippen LogP contribution is -2.43. The highest BCUT2D eigenvalue weighted by Gasteiger charge is 2.41. The number of carboxylic acids is 2. The minimum absolute atomic E-state index is 0.498. The van der Waals surface area contributed by atoms with Gasteiger partial charge in [0.25, 0.3) is 0 Å². The fourth-order valence-electron chi connectivity index (χ4n) is 0.815. The van der Waals surface area contributed by atoms with Crippen molar-refractivity contribution >= 4 is 29.5 Å². The van der Waals surface area contributed by atoms with Gasteiger partial charge in [-0.05, 0) is 0 Å². The van der Waals surface area contributed by atoms with Crippen LogP contribution in [-0.4, -0.2) is 44.9 Å². The number of aliphatic carboxylic acids is 2. The van der Waals surface area contributed by atoms with Gasteiger partial charge in [0, 0.05) is 0 Å². The molecule has 0 amide bonds. The van der Waals surface area contributed by atoms with Crippen molar-refractivity contribution in [2.24, 2.45) is 0 Å². The number of rotatable bonds is 6. The SMILES string of the molecule is O=C(O)CC(O)(CC(=O)OCCl)C(=O)O. The van der Waals surface area contributed by atoms with E-state index in [1.165, 1.54) is 0 Å². The molecule has 0 radical (unpaired) electrons. The van der Waals surface area contributed by atoms with Gasteiger partial charge in [0.2, 0.25) is 0 Å². The Kier molecular flexibility index (Phi) is 5.03. The number of hydrogen-bond donors (Lipinski definition) is 3. The van der Waals surface area contributed by atoms with Crippen LogP contribution >= 0.6 is 11.6 Å². The molecule has 3 N–H and O–H groups in total. The van der Waals surface area contributed by atoms with Crippen LogP contribution in [0, 0.1) is 0 Å². The Hall–Kier alpha value is -1.34. The summed E-state index contributed by atoms with van der Waals surface area (Å²) in [5.41, 5.74) is -2.67. The Bertz CT molecular complexity index is 277. The predicted molar refractivity (Wildman–Crippen MR) is 46.3 cm³/mol. The molecule has 0 aliphatic carbocycles. The summed E-state index contributed by atoms with van der Waals surface area (Å²) in [5, 5.41) is 26.2. The Balaban J connectivity index is 4.58. The zero-order valence-corrected chi connectivity index (χ0v) is 8.23. The number of ether oxygens (including phenoxy) is 1. The Morgan fingerprint density at radius 3 is 2.07 bits per heavy atom. The van der Waals surface area contributed by atoms with E-state index in [-0.39, 0.29) is 0 Å². The van der Waals surface area contributed by atoms with Crippen LogP contribution in [0.5, 0.6) is 0 Å². The molecule has 1 unspecified atom stereocenters. The number of hydrogen-bond acceptors (Lipinski definition) is 5. The summed E-state index contributed by atoms with van der Waals surface area (Å²) in [7, 11) is 0. The van der Waals surface area contributed by atoms with Crippen LogP contribution in [0.1, 0.15) is 12.8 Å². The quantitative estimate of drug-likeness (QED) is 0.419. The number of carbonyl (C=O) groups excluding carboxylic acids is 1. The van der Waals surface area contributed by atoms with E-state index in [2.05, 4.69) is 4.74 Å². The zero-order valence-electron chi connectivity index (χ0n) is 7.47. The van der Waals surface area contributed by atoms with Crippen LogP contribution in [-0.2, 0) is 19.1 Å². The summed E-state index contributed by atoms with van der Waals surface area (Å²) in [4.78, 5) is 31.6. The molecule has 15 heavy (non-hydrogen) atoms. The van der Waals surface area contributed by atoms with Gasteiger partial charge in [0.1, 0.15) is 0 Å². The molecule has 0 aromatic heterocycles. The van der Waals surface area contributed by atoms with E-state index in [0.29, 0.717) is 0 Å². The fraction of sp³-hybridized carbons (Fsp3) is 0.571. The van der Waals surface area contributed by atoms with E-state index < -0.39 is 42.4 Å². The number of esters is 1. The molecule has 0 aromatic carbocycles. The number of carbonyl (C=O) groups is 3. The second-order valence-electron chi connectivity index (χ2n) is 2.71. The predicted octanol–water partition coefficient (Wildman–Crippen LogP) is -0.594. The van der Waals surface area contributed by atoms with Gasteiger partial charge in [0.05, 0.1) is 12.8 Å². The van der Waals surface area contributed by atoms with Crippen molar-refractivity contribution in [2.45, 2.75) is 18.4 Å². The molecular weight excluding hydrogens is 232 g/mol. The number of aliphatic hydroxyl groups is 1. The highest BCUT2D eigenvalue weighted by atomic mass is 35.5. The van der Waals surface area contributed by atoms with Crippen molar-refractivity contribution in [3.63, 3.8) is 0 Å². The van der Waals surface area contributed by atoms with Crippen molar-refractivity contribution in [3.8, 4) is 0 Å². The monoisotopic (exact) mass is 240 g/mol. The third kappa shape index (κ3) is 4.61. The molecule has 0 spiro atoms. The smallest absolute Gasteiger partial charge is 0.336 e. The van der Waals surface area contributed by atoms with Crippen LogP contribution in [0.4, 0.5) is 0 Å². The van der Waals surface area contributed by atoms with Crippen LogP contribution in [0.15, 0.2) is 0 Å². The highest BCUT2D eigenvalue weighted by Crippen LogP contribution is 2.16. The molecule has 7 nitrogen and oxygen atoms in total. The second-order valence-corrected chi connectivity index (χ2v) is 2.93. The first-order valence-corrected chi connectivity index (χ1v) is 4.24. The second kappa shape index (κ2) is 5.52. The van der Waals surface area contributed by atoms with Crippen molar-refractivity contribution in [1.29, 1.82) is 0 Å². The van der Waals surface area contributed by atoms with Crippen LogP contribution in [0.25, 0.3) is 0 Å². The molecule has 86 valence electrons. The maximum absolute atomic E-state index is 10.8. The summed E-state index contributed by atoms with van der Waals surface area (Å²) in [6.07, 6.45) is -2.07. The van der Waals surface area contributed by atoms with Gasteiger partial charge in [-0.15, -0.1) is 0 Å². The van der Waals surface area contributed by atoms with Crippen molar-refractivity contribution in [1.82, 2.24) is 0 Å². The normalized spacial score (nSPS) is 14.0. The van der Waals surface area contributed by atoms with E-state index in [1.807, 2.05) is 0 Å². The van der Waals surface area contributed by atoms with Gasteiger partial charge in [-0.3, -0.25) is 9.59 Å². The molecule has 0 aliphatic rings. The standard InChI is InChI=1S/C7H9ClO7/c8-3-15-5(11)2-7(14,6(12)13)1-4(9)10/h14H,1-3H2,(H,9,10)(H,12,13). The number of carboxylic acid groups (broad SMARTS) is 2. The van der Waals surface area contributed by atoms with Gasteiger partial charge in [-0.1, -0.05) is 11.6 Å². The van der Waals surface area contributed by atoms with Gasteiger partial charge < -0.3 is 20.1 Å². The minimum Gasteiger partial charge on any atom is -0.481 e. The molecule has 1 atom stereocenters. The summed E-state index contributed by atoms with van der Waals surface area (Å²) in [6, 6.07) is -0.498. The first-order chi connectivity index (χ1) is 6.81. The van der Waals surface area contributed by atoms with E-state index in [4.69, 9.17) is 21.8 Å². The topological polar surface area (TPSA) is 121 Å². The summed E-state index contributed by atoms with van der Waals surface area (Å²) < 4.78 is 4.18. The first kappa shape index (κ1) is 13.7. The van der Waals surface area contributed by atoms with Crippen molar-refractivity contribution < 1.29 is 34.4 Å². The van der Waals surface area contributed by atoms with Gasteiger partial charge >= 0.3 is 17.9 Å². The average Bonchev–Trinajstić information content (AvgIpc) is 2.01. The van der Waals surface area contributed by atoms with Gasteiger partial charge in [0.15, 0.2) is 11.7 Å². The van der Waals surface area contributed by atoms with E-state index in [1.54, 1.807) is 0 Å². The lowest BCUT2D eigenvalue weighted by atomic mass is 9.96. The summed E-state index contributed by atoms with van der Waals surface area (Å²) in [5.74, 6) is -4.44. The number of halogens is 1. The number of alkyl halides is 1. The molecule has 0 saturated carbocycles. The van der Waals surface area contributed by atoms with E-state index in [9.17, 15) is 19.5 Å². The molecule has 0 bridgehead atoms. The minimum atomic E-state index is -2.67. The maximum atomic E-state index is 10.8. The molecule has 0 fully saturated rings. The molecular formula is C7H9ClO7. The molecule has 0 saturated heterocycles. The maximum Gasteiger partial charge on any atom is 0.336 e. The van der Waals surface area contributed by atoms with Crippen molar-refractivity contribution in [3.05, 3.63) is 0 Å². The van der Waals surface area contributed by atoms with Crippen molar-refractivity contribution in [2.75, 3.05) is 6.07 Å². The molecule has 0 rings (SSSR count). The molecule has 8 heteroatoms. The van der Waals surface area contributed by atoms with Crippen LogP contribution in [0.2, 0.25) is 0 Å². The average molecular weight is 241 g/mol. The summed E-state index contributed by atoms with van der Waals surface area (Å²) in [6.45, 7) is 0. The molecule has 0 heterocycles. The third-order valence-corrected chi connectivity index (χ3v) is 1.60. The third-order valence-electron chi connectivity index (χ3n) is 1.49. The first-order valence-electron chi connectivity index (χ1n) is 3.71. The summed E-state index contributed by atoms with van der Waals surface area (Å²) >= 11 is 5.02. The van der Waals surface area contributed by atoms with Gasteiger partial charge in [-0.2, -0.15) is 0 Å². The lowest BCUT2D eigenvalue weighted by molar-refractivity contribution is -0.171. The largest absolute Gasteiger partial charge is 0.481 e. The molecule has 0 aliphatic heterocycles. The van der Waals surface area contributed by atoms with Crippen LogP contribution in [0.3, 0.4) is 0 Å². The Morgan fingerprint density at radius 2 is 1.73 bits per heavy atom. The Morgan fingerprint density at radius 1 is 1.20 bits per heavy atom. The highest BCUT2D eigenvalue weighted by molar-refractivity contribution is 6.17. The Labute approximate surface area is 89.2 Å².